The van der Waals surface area contributed by atoms with E-state index in [1.54, 1.807) is 18.2 Å². The summed E-state index contributed by atoms with van der Waals surface area (Å²) in [7, 11) is 0. The number of thioether (sulfide) groups is 1. The van der Waals surface area contributed by atoms with Crippen molar-refractivity contribution in [2.75, 3.05) is 5.75 Å². The summed E-state index contributed by atoms with van der Waals surface area (Å²) in [5, 5.41) is 0.665. The maximum Gasteiger partial charge on any atom is 0.364 e. The molecule has 0 amide bonds. The van der Waals surface area contributed by atoms with Crippen LogP contribution >= 0.6 is 39.3 Å². The minimum Gasteiger partial charge on any atom is -0.421 e. The molecule has 0 unspecified atom stereocenters. The highest BCUT2D eigenvalue weighted by atomic mass is 79.9. The third-order valence-electron chi connectivity index (χ3n) is 2.23. The van der Waals surface area contributed by atoms with Crippen LogP contribution in [0.4, 0.5) is 0 Å². The van der Waals surface area contributed by atoms with E-state index < -0.39 is 5.97 Å². The fraction of sp³-hybridized carbons (Fsp3) is 0.154. The topological polar surface area (TPSA) is 52.1 Å². The zero-order chi connectivity index (χ0) is 14.5. The molecular weight excluding hydrogens is 364 g/mol. The normalized spacial score (nSPS) is 10.3. The van der Waals surface area contributed by atoms with E-state index in [1.165, 1.54) is 18.0 Å². The summed E-state index contributed by atoms with van der Waals surface area (Å²) in [5.74, 6) is 0.611. The van der Waals surface area contributed by atoms with Gasteiger partial charge in [0.05, 0.1) is 15.7 Å². The van der Waals surface area contributed by atoms with Crippen molar-refractivity contribution in [3.8, 4) is 5.75 Å². The Balaban J connectivity index is 2.25. The zero-order valence-corrected chi connectivity index (χ0v) is 13.6. The molecular formula is C13H10BrClN2O2S. The monoisotopic (exact) mass is 372 g/mol. The largest absolute Gasteiger partial charge is 0.421 e. The van der Waals surface area contributed by atoms with E-state index in [2.05, 4.69) is 25.9 Å². The maximum atomic E-state index is 12.1. The number of halogens is 2. The Bertz CT molecular complexity index is 640. The molecule has 0 saturated heterocycles. The van der Waals surface area contributed by atoms with Crippen molar-refractivity contribution in [1.82, 2.24) is 9.97 Å². The molecule has 1 aromatic heterocycles. The van der Waals surface area contributed by atoms with Gasteiger partial charge >= 0.3 is 5.97 Å². The SMILES string of the molecule is CCSc1ncc(Cl)c(C(=O)Oc2ccccc2Br)n1. The summed E-state index contributed by atoms with van der Waals surface area (Å²) in [5.41, 5.74) is 0.0633. The molecule has 0 atom stereocenters. The number of aromatic nitrogens is 2. The van der Waals surface area contributed by atoms with E-state index in [4.69, 9.17) is 16.3 Å². The maximum absolute atomic E-state index is 12.1. The summed E-state index contributed by atoms with van der Waals surface area (Å²) < 4.78 is 5.96. The van der Waals surface area contributed by atoms with Gasteiger partial charge in [-0.15, -0.1) is 0 Å². The molecule has 0 bridgehead atoms. The summed E-state index contributed by atoms with van der Waals surface area (Å²) in [6.45, 7) is 1.97. The molecule has 0 aliphatic carbocycles. The van der Waals surface area contributed by atoms with E-state index in [0.29, 0.717) is 15.4 Å². The van der Waals surface area contributed by atoms with Crippen LogP contribution in [0, 0.1) is 0 Å². The first-order valence-electron chi connectivity index (χ1n) is 5.74. The number of hydrogen-bond acceptors (Lipinski definition) is 5. The fourth-order valence-electron chi connectivity index (χ4n) is 1.37. The van der Waals surface area contributed by atoms with Crippen LogP contribution in [0.2, 0.25) is 5.02 Å². The highest BCUT2D eigenvalue weighted by Crippen LogP contribution is 2.26. The second-order valence-electron chi connectivity index (χ2n) is 3.60. The lowest BCUT2D eigenvalue weighted by atomic mass is 10.3. The fourth-order valence-corrected chi connectivity index (χ4v) is 2.44. The molecule has 2 rings (SSSR count). The third-order valence-corrected chi connectivity index (χ3v) is 3.90. The molecule has 2 aromatic rings. The Kier molecular flexibility index (Phi) is 5.39. The van der Waals surface area contributed by atoms with Crippen molar-refractivity contribution in [2.45, 2.75) is 12.1 Å². The number of esters is 1. The van der Waals surface area contributed by atoms with E-state index in [9.17, 15) is 4.79 Å². The molecule has 4 nitrogen and oxygen atoms in total. The second-order valence-corrected chi connectivity index (χ2v) is 6.09. The van der Waals surface area contributed by atoms with Crippen LogP contribution in [0.1, 0.15) is 17.4 Å². The van der Waals surface area contributed by atoms with Crippen molar-refractivity contribution in [3.63, 3.8) is 0 Å². The third kappa shape index (κ3) is 3.71. The van der Waals surface area contributed by atoms with Gasteiger partial charge in [-0.1, -0.05) is 42.4 Å². The Morgan fingerprint density at radius 2 is 2.20 bits per heavy atom. The summed E-state index contributed by atoms with van der Waals surface area (Å²) in [6, 6.07) is 7.06. The molecule has 0 spiro atoms. The highest BCUT2D eigenvalue weighted by Gasteiger charge is 2.17. The van der Waals surface area contributed by atoms with Crippen LogP contribution in [-0.4, -0.2) is 21.7 Å². The van der Waals surface area contributed by atoms with Crippen LogP contribution in [0.5, 0.6) is 5.75 Å². The molecule has 0 aliphatic heterocycles. The van der Waals surface area contributed by atoms with Crippen LogP contribution in [-0.2, 0) is 0 Å². The minimum absolute atomic E-state index is 0.0633. The van der Waals surface area contributed by atoms with Crippen molar-refractivity contribution >= 4 is 45.3 Å². The van der Waals surface area contributed by atoms with E-state index in [-0.39, 0.29) is 10.7 Å². The molecule has 0 saturated carbocycles. The molecule has 1 heterocycles. The van der Waals surface area contributed by atoms with Gasteiger partial charge in [0.15, 0.2) is 10.9 Å². The van der Waals surface area contributed by atoms with Gasteiger partial charge in [-0.25, -0.2) is 14.8 Å². The van der Waals surface area contributed by atoms with Gasteiger partial charge in [-0.2, -0.15) is 0 Å². The Morgan fingerprint density at radius 1 is 1.45 bits per heavy atom. The lowest BCUT2D eigenvalue weighted by Gasteiger charge is -2.07. The Labute approximate surface area is 134 Å². The number of hydrogen-bond donors (Lipinski definition) is 0. The average molecular weight is 374 g/mol. The van der Waals surface area contributed by atoms with Crippen molar-refractivity contribution in [3.05, 3.63) is 45.7 Å². The van der Waals surface area contributed by atoms with Crippen molar-refractivity contribution < 1.29 is 9.53 Å². The lowest BCUT2D eigenvalue weighted by molar-refractivity contribution is 0.0726. The van der Waals surface area contributed by atoms with E-state index in [0.717, 1.165) is 5.75 Å². The molecule has 7 heteroatoms. The molecule has 0 aliphatic rings. The van der Waals surface area contributed by atoms with Gasteiger partial charge in [-0.3, -0.25) is 0 Å². The molecule has 0 radical (unpaired) electrons. The minimum atomic E-state index is -0.609. The predicted octanol–water partition coefficient (Wildman–Crippen LogP) is 4.22. The zero-order valence-electron chi connectivity index (χ0n) is 10.5. The number of rotatable bonds is 4. The number of para-hydroxylation sites is 1. The Hall–Kier alpha value is -1.11. The van der Waals surface area contributed by atoms with Crippen molar-refractivity contribution in [1.29, 1.82) is 0 Å². The molecule has 104 valence electrons. The van der Waals surface area contributed by atoms with Crippen LogP contribution in [0.15, 0.2) is 40.1 Å². The number of ether oxygens (including phenoxy) is 1. The van der Waals surface area contributed by atoms with Gasteiger partial charge in [0, 0.05) is 0 Å². The number of carbonyl (C=O) groups is 1. The molecule has 1 aromatic carbocycles. The number of nitrogens with zero attached hydrogens (tertiary/aromatic N) is 2. The van der Waals surface area contributed by atoms with Gasteiger partial charge in [0.1, 0.15) is 5.75 Å². The van der Waals surface area contributed by atoms with Gasteiger partial charge in [0.2, 0.25) is 0 Å². The average Bonchev–Trinajstić information content (AvgIpc) is 2.43. The standard InChI is InChI=1S/C13H10BrClN2O2S/c1-2-20-13-16-7-9(15)11(17-13)12(18)19-10-6-4-3-5-8(10)14/h3-7H,2H2,1H3. The predicted molar refractivity (Wildman–Crippen MR) is 82.5 cm³/mol. The highest BCUT2D eigenvalue weighted by molar-refractivity contribution is 9.10. The number of carbonyl (C=O) groups excluding carboxylic acids is 1. The Morgan fingerprint density at radius 3 is 2.90 bits per heavy atom. The lowest BCUT2D eigenvalue weighted by Crippen LogP contribution is -2.12. The summed E-state index contributed by atoms with van der Waals surface area (Å²) >= 11 is 10.7. The summed E-state index contributed by atoms with van der Waals surface area (Å²) in [6.07, 6.45) is 1.41. The second kappa shape index (κ2) is 7.06. The van der Waals surface area contributed by atoms with Gasteiger partial charge in [-0.05, 0) is 33.8 Å². The number of benzene rings is 1. The molecule has 20 heavy (non-hydrogen) atoms. The van der Waals surface area contributed by atoms with Gasteiger partial charge in [0.25, 0.3) is 0 Å². The molecule has 0 fully saturated rings. The van der Waals surface area contributed by atoms with Crippen molar-refractivity contribution in [2.24, 2.45) is 0 Å². The molecule has 0 N–H and O–H groups in total. The first-order chi connectivity index (χ1) is 9.61. The first-order valence-corrected chi connectivity index (χ1v) is 7.89. The van der Waals surface area contributed by atoms with E-state index in [1.807, 2.05) is 13.0 Å². The first kappa shape index (κ1) is 15.3. The van der Waals surface area contributed by atoms with Crippen LogP contribution < -0.4 is 4.74 Å². The summed E-state index contributed by atoms with van der Waals surface area (Å²) in [4.78, 5) is 20.3. The van der Waals surface area contributed by atoms with E-state index >= 15 is 0 Å². The smallest absolute Gasteiger partial charge is 0.364 e. The quantitative estimate of drug-likeness (QED) is 0.347. The van der Waals surface area contributed by atoms with Gasteiger partial charge < -0.3 is 4.74 Å². The van der Waals surface area contributed by atoms with Crippen LogP contribution in [0.3, 0.4) is 0 Å². The van der Waals surface area contributed by atoms with Crippen LogP contribution in [0.25, 0.3) is 0 Å².